The summed E-state index contributed by atoms with van der Waals surface area (Å²) in [4.78, 5) is 0. The van der Waals surface area contributed by atoms with E-state index in [0.717, 1.165) is 0 Å². The van der Waals surface area contributed by atoms with Crippen LogP contribution in [-0.2, 0) is 0 Å². The van der Waals surface area contributed by atoms with Gasteiger partial charge in [0, 0.05) is 5.19 Å². The van der Waals surface area contributed by atoms with Gasteiger partial charge in [-0.2, -0.15) is 0 Å². The zero-order chi connectivity index (χ0) is 7.61. The lowest BCUT2D eigenvalue weighted by Crippen LogP contribution is -2.30. The second-order valence-electron chi connectivity index (χ2n) is 1.86. The molecule has 0 bridgehead atoms. The van der Waals surface area contributed by atoms with E-state index in [4.69, 9.17) is 22.2 Å². The number of benzene rings is 1. The lowest BCUT2D eigenvalue weighted by atomic mass is 10.4. The molecule has 54 valence electrons. The third-order valence-electron chi connectivity index (χ3n) is 1.10. The Hall–Kier alpha value is -0.0531. The maximum absolute atomic E-state index is 12.8. The van der Waals surface area contributed by atoms with Crippen LogP contribution in [0.5, 0.6) is 0 Å². The van der Waals surface area contributed by atoms with E-state index in [9.17, 15) is 4.11 Å². The van der Waals surface area contributed by atoms with E-state index in [1.807, 2.05) is 0 Å². The SMILES string of the molecule is F[Si](Cl)(Cl)c1ccccc1. The topological polar surface area (TPSA) is 0 Å². The molecule has 0 heterocycles. The van der Waals surface area contributed by atoms with Crippen molar-refractivity contribution < 1.29 is 4.11 Å². The summed E-state index contributed by atoms with van der Waals surface area (Å²) in [5.74, 6) is 0. The minimum Gasteiger partial charge on any atom is -0.266 e. The van der Waals surface area contributed by atoms with Gasteiger partial charge >= 0.3 is 7.03 Å². The zero-order valence-electron chi connectivity index (χ0n) is 5.02. The summed E-state index contributed by atoms with van der Waals surface area (Å²) < 4.78 is 12.8. The van der Waals surface area contributed by atoms with E-state index in [-0.39, 0.29) is 0 Å². The van der Waals surface area contributed by atoms with Crippen LogP contribution in [0.25, 0.3) is 0 Å². The Labute approximate surface area is 69.2 Å². The third kappa shape index (κ3) is 1.97. The van der Waals surface area contributed by atoms with Crippen LogP contribution in [0.2, 0.25) is 0 Å². The van der Waals surface area contributed by atoms with Crippen molar-refractivity contribution >= 4 is 34.4 Å². The van der Waals surface area contributed by atoms with E-state index in [2.05, 4.69) is 0 Å². The largest absolute Gasteiger partial charge is 0.465 e. The van der Waals surface area contributed by atoms with Crippen molar-refractivity contribution in [2.24, 2.45) is 0 Å². The standard InChI is InChI=1S/C6H5Cl2FSi/c7-10(8,9)6-4-2-1-3-5-6/h1-5H. The highest BCUT2D eigenvalue weighted by molar-refractivity contribution is 7.47. The molecule has 0 aliphatic heterocycles. The molecule has 4 heteroatoms. The first-order valence-corrected chi connectivity index (χ1v) is 6.63. The van der Waals surface area contributed by atoms with Gasteiger partial charge in [-0.1, -0.05) is 30.3 Å². The Bertz CT molecular complexity index is 207. The molecule has 0 amide bonds. The van der Waals surface area contributed by atoms with Gasteiger partial charge in [0.05, 0.1) is 0 Å². The Kier molecular flexibility index (Phi) is 2.34. The van der Waals surface area contributed by atoms with Crippen molar-refractivity contribution in [1.82, 2.24) is 0 Å². The monoisotopic (exact) mass is 194 g/mol. The van der Waals surface area contributed by atoms with Crippen LogP contribution in [0.4, 0.5) is 4.11 Å². The summed E-state index contributed by atoms with van der Waals surface area (Å²) >= 11 is 10.6. The highest BCUT2D eigenvalue weighted by Crippen LogP contribution is 2.15. The molecule has 1 rings (SSSR count). The lowest BCUT2D eigenvalue weighted by Gasteiger charge is -2.03. The smallest absolute Gasteiger partial charge is 0.266 e. The molecule has 0 radical (unpaired) electrons. The molecule has 10 heavy (non-hydrogen) atoms. The Morgan fingerprint density at radius 1 is 1.10 bits per heavy atom. The molecular weight excluding hydrogens is 190 g/mol. The number of halogens is 3. The summed E-state index contributed by atoms with van der Waals surface area (Å²) in [6.45, 7) is 0. The predicted molar refractivity (Wildman–Crippen MR) is 44.6 cm³/mol. The summed E-state index contributed by atoms with van der Waals surface area (Å²) in [5.41, 5.74) is 0. The molecule has 0 spiro atoms. The van der Waals surface area contributed by atoms with Gasteiger partial charge in [0.1, 0.15) is 0 Å². The van der Waals surface area contributed by atoms with Gasteiger partial charge in [-0.05, 0) is 0 Å². The molecule has 0 aliphatic rings. The number of rotatable bonds is 1. The molecule has 0 nitrogen and oxygen atoms in total. The van der Waals surface area contributed by atoms with Crippen LogP contribution in [0, 0.1) is 0 Å². The first-order chi connectivity index (χ1) is 4.61. The van der Waals surface area contributed by atoms with Gasteiger partial charge in [-0.15, -0.1) is 22.2 Å². The van der Waals surface area contributed by atoms with Crippen molar-refractivity contribution in [3.63, 3.8) is 0 Å². The highest BCUT2D eigenvalue weighted by Gasteiger charge is 2.30. The van der Waals surface area contributed by atoms with Crippen molar-refractivity contribution in [3.8, 4) is 0 Å². The number of hydrogen-bond donors (Lipinski definition) is 0. The Morgan fingerprint density at radius 2 is 1.60 bits per heavy atom. The minimum atomic E-state index is -3.59. The van der Waals surface area contributed by atoms with E-state index < -0.39 is 7.03 Å². The van der Waals surface area contributed by atoms with Gasteiger partial charge in [0.25, 0.3) is 0 Å². The highest BCUT2D eigenvalue weighted by atomic mass is 35.7. The normalized spacial score (nSPS) is 11.5. The van der Waals surface area contributed by atoms with Gasteiger partial charge in [-0.3, -0.25) is 4.11 Å². The molecule has 0 saturated carbocycles. The first kappa shape index (κ1) is 8.05. The van der Waals surface area contributed by atoms with Gasteiger partial charge in [0.2, 0.25) is 0 Å². The average Bonchev–Trinajstić information content (AvgIpc) is 1.88. The quantitative estimate of drug-likeness (QED) is 0.476. The fourth-order valence-corrected chi connectivity index (χ4v) is 1.95. The Morgan fingerprint density at radius 3 is 1.90 bits per heavy atom. The molecule has 0 atom stereocenters. The molecule has 1 aromatic rings. The minimum absolute atomic E-state index is 0.401. The van der Waals surface area contributed by atoms with E-state index >= 15 is 0 Å². The average molecular weight is 195 g/mol. The molecule has 0 fully saturated rings. The van der Waals surface area contributed by atoms with Crippen LogP contribution < -0.4 is 5.19 Å². The summed E-state index contributed by atoms with van der Waals surface area (Å²) in [5, 5.41) is 0.401. The summed E-state index contributed by atoms with van der Waals surface area (Å²) in [6.07, 6.45) is 0. The third-order valence-corrected chi connectivity index (χ3v) is 3.40. The van der Waals surface area contributed by atoms with Crippen molar-refractivity contribution in [2.75, 3.05) is 0 Å². The van der Waals surface area contributed by atoms with Crippen LogP contribution in [-0.4, -0.2) is 7.03 Å². The van der Waals surface area contributed by atoms with Crippen LogP contribution in [0.15, 0.2) is 30.3 Å². The summed E-state index contributed by atoms with van der Waals surface area (Å²) in [7, 11) is -3.59. The van der Waals surface area contributed by atoms with Crippen molar-refractivity contribution in [1.29, 1.82) is 0 Å². The van der Waals surface area contributed by atoms with Crippen molar-refractivity contribution in [3.05, 3.63) is 30.3 Å². The molecular formula is C6H5Cl2FSi. The fraction of sp³-hybridized carbons (Fsp3) is 0. The van der Waals surface area contributed by atoms with Crippen molar-refractivity contribution in [2.45, 2.75) is 0 Å². The molecule has 0 saturated heterocycles. The predicted octanol–water partition coefficient (Wildman–Crippen LogP) is 2.28. The summed E-state index contributed by atoms with van der Waals surface area (Å²) in [6, 6.07) is 8.39. The van der Waals surface area contributed by atoms with Crippen LogP contribution in [0.1, 0.15) is 0 Å². The maximum Gasteiger partial charge on any atom is 0.465 e. The molecule has 1 aromatic carbocycles. The fourth-order valence-electron chi connectivity index (χ4n) is 0.627. The van der Waals surface area contributed by atoms with Crippen LogP contribution in [0.3, 0.4) is 0 Å². The molecule has 0 aliphatic carbocycles. The molecule has 0 aromatic heterocycles. The number of hydrogen-bond acceptors (Lipinski definition) is 0. The maximum atomic E-state index is 12.8. The lowest BCUT2D eigenvalue weighted by molar-refractivity contribution is 0.864. The van der Waals surface area contributed by atoms with Gasteiger partial charge in [-0.25, -0.2) is 0 Å². The van der Waals surface area contributed by atoms with E-state index in [0.29, 0.717) is 5.19 Å². The molecule has 0 unspecified atom stereocenters. The van der Waals surface area contributed by atoms with E-state index in [1.54, 1.807) is 30.3 Å². The van der Waals surface area contributed by atoms with Crippen LogP contribution >= 0.6 is 22.2 Å². The zero-order valence-corrected chi connectivity index (χ0v) is 7.53. The Balaban J connectivity index is 2.97. The van der Waals surface area contributed by atoms with Gasteiger partial charge in [0.15, 0.2) is 0 Å². The molecule has 0 N–H and O–H groups in total. The van der Waals surface area contributed by atoms with Gasteiger partial charge < -0.3 is 0 Å². The second-order valence-corrected chi connectivity index (χ2v) is 7.14. The second kappa shape index (κ2) is 2.90. The first-order valence-electron chi connectivity index (χ1n) is 2.73. The van der Waals surface area contributed by atoms with E-state index in [1.165, 1.54) is 0 Å².